The van der Waals surface area contributed by atoms with Gasteiger partial charge in [0.1, 0.15) is 18.3 Å². The molecule has 2 atom stereocenters. The molecule has 1 aliphatic rings. The number of nitrogens with one attached hydrogen (secondary N) is 2. The fourth-order valence-electron chi connectivity index (χ4n) is 4.00. The second kappa shape index (κ2) is 16.7. The molecule has 7 heteroatoms. The third kappa shape index (κ3) is 11.9. The van der Waals surface area contributed by atoms with Crippen LogP contribution in [0.1, 0.15) is 70.3 Å². The number of hydrogen-bond donors (Lipinski definition) is 3. The Balaban J connectivity index is 0.000000605. The van der Waals surface area contributed by atoms with Crippen LogP contribution in [0.3, 0.4) is 0 Å². The highest BCUT2D eigenvalue weighted by Gasteiger charge is 2.32. The maximum Gasteiger partial charge on any atom is 0.325 e. The van der Waals surface area contributed by atoms with Gasteiger partial charge in [0.15, 0.2) is 0 Å². The number of amides is 2. The number of hydrogen-bond acceptors (Lipinski definition) is 5. The third-order valence-corrected chi connectivity index (χ3v) is 6.08. The minimum atomic E-state index is -0.580. The Hall–Kier alpha value is -2.83. The molecular weight excluding hydrogens is 432 g/mol. The number of aryl methyl sites for hydroxylation is 1. The number of carbonyl (C=O) groups excluding carboxylic acids is 3. The zero-order valence-corrected chi connectivity index (χ0v) is 21.0. The van der Waals surface area contributed by atoms with Crippen molar-refractivity contribution in [2.24, 2.45) is 11.8 Å². The van der Waals surface area contributed by atoms with Crippen LogP contribution in [0.15, 0.2) is 36.9 Å². The molecule has 2 unspecified atom stereocenters. The lowest BCUT2D eigenvalue weighted by Gasteiger charge is -2.30. The van der Waals surface area contributed by atoms with Gasteiger partial charge in [-0.25, -0.2) is 0 Å². The van der Waals surface area contributed by atoms with Crippen molar-refractivity contribution in [2.75, 3.05) is 13.7 Å². The highest BCUT2D eigenvalue weighted by atomic mass is 16.5. The van der Waals surface area contributed by atoms with Crippen molar-refractivity contribution in [1.82, 2.24) is 10.6 Å². The number of allylic oxidation sites excluding steroid dienone is 1. The summed E-state index contributed by atoms with van der Waals surface area (Å²) in [6.07, 6.45) is 10.8. The van der Waals surface area contributed by atoms with Gasteiger partial charge in [-0.05, 0) is 62.6 Å². The van der Waals surface area contributed by atoms with Crippen LogP contribution in [0.4, 0.5) is 0 Å². The van der Waals surface area contributed by atoms with E-state index in [0.29, 0.717) is 5.75 Å². The second-order valence-electron chi connectivity index (χ2n) is 8.99. The van der Waals surface area contributed by atoms with Crippen molar-refractivity contribution in [3.05, 3.63) is 42.5 Å². The number of rotatable bonds is 11. The summed E-state index contributed by atoms with van der Waals surface area (Å²) in [5.41, 5.74) is 1.09. The molecule has 3 N–H and O–H groups in total. The van der Waals surface area contributed by atoms with Crippen molar-refractivity contribution in [3.63, 3.8) is 0 Å². The average molecular weight is 475 g/mol. The van der Waals surface area contributed by atoms with E-state index in [2.05, 4.69) is 21.9 Å². The van der Waals surface area contributed by atoms with Gasteiger partial charge in [-0.2, -0.15) is 0 Å². The zero-order chi connectivity index (χ0) is 25.3. The Bertz CT molecular complexity index is 757. The maximum atomic E-state index is 12.6. The fraction of sp³-hybridized carbons (Fsp3) is 0.593. The Morgan fingerprint density at radius 1 is 1.18 bits per heavy atom. The molecule has 0 bridgehead atoms. The van der Waals surface area contributed by atoms with Gasteiger partial charge in [0.25, 0.3) is 0 Å². The number of unbranched alkanes of at least 4 members (excludes halogenated alkanes) is 2. The predicted octanol–water partition coefficient (Wildman–Crippen LogP) is 4.42. The Morgan fingerprint density at radius 3 is 2.44 bits per heavy atom. The predicted molar refractivity (Wildman–Crippen MR) is 134 cm³/mol. The summed E-state index contributed by atoms with van der Waals surface area (Å²) < 4.78 is 4.56. The summed E-state index contributed by atoms with van der Waals surface area (Å²) >= 11 is 0. The minimum absolute atomic E-state index is 0.0904. The summed E-state index contributed by atoms with van der Waals surface area (Å²) in [6, 6.07) is 6.57. The van der Waals surface area contributed by atoms with Crippen LogP contribution in [0.2, 0.25) is 0 Å². The topological polar surface area (TPSA) is 105 Å². The number of esters is 1. The second-order valence-corrected chi connectivity index (χ2v) is 8.99. The van der Waals surface area contributed by atoms with Crippen LogP contribution < -0.4 is 10.6 Å². The molecule has 2 rings (SSSR count). The van der Waals surface area contributed by atoms with E-state index in [4.69, 9.17) is 5.11 Å². The van der Waals surface area contributed by atoms with E-state index in [1.54, 1.807) is 12.1 Å². The molecule has 0 spiro atoms. The SMILES string of the molecule is C=CCCCCC(C)C(=O)NC(C(=O)NCC(=O)OC)C1CCCCC1.Cc1cccc(O)c1. The van der Waals surface area contributed by atoms with Crippen LogP contribution in [0.5, 0.6) is 5.75 Å². The molecule has 0 aliphatic heterocycles. The number of benzene rings is 1. The van der Waals surface area contributed by atoms with Crippen molar-refractivity contribution >= 4 is 17.8 Å². The molecule has 1 aromatic rings. The van der Waals surface area contributed by atoms with E-state index in [-0.39, 0.29) is 30.2 Å². The van der Waals surface area contributed by atoms with Crippen LogP contribution >= 0.6 is 0 Å². The van der Waals surface area contributed by atoms with E-state index >= 15 is 0 Å². The van der Waals surface area contributed by atoms with Crippen molar-refractivity contribution in [1.29, 1.82) is 0 Å². The highest BCUT2D eigenvalue weighted by Crippen LogP contribution is 2.27. The van der Waals surface area contributed by atoms with Crippen molar-refractivity contribution in [2.45, 2.75) is 77.7 Å². The summed E-state index contributed by atoms with van der Waals surface area (Å²) in [5.74, 6) is -0.563. The van der Waals surface area contributed by atoms with Crippen LogP contribution in [-0.2, 0) is 19.1 Å². The first-order valence-electron chi connectivity index (χ1n) is 12.3. The molecular formula is C27H42N2O5. The first-order chi connectivity index (χ1) is 16.3. The molecule has 0 aromatic heterocycles. The third-order valence-electron chi connectivity index (χ3n) is 6.08. The van der Waals surface area contributed by atoms with Gasteiger partial charge < -0.3 is 20.5 Å². The van der Waals surface area contributed by atoms with Gasteiger partial charge in [0.2, 0.25) is 11.8 Å². The first kappa shape index (κ1) is 29.2. The number of phenolic OH excluding ortho intramolecular Hbond substituents is 1. The first-order valence-corrected chi connectivity index (χ1v) is 12.3. The van der Waals surface area contributed by atoms with Crippen LogP contribution in [0.25, 0.3) is 0 Å². The number of ether oxygens (including phenoxy) is 1. The molecule has 1 fully saturated rings. The lowest BCUT2D eigenvalue weighted by molar-refractivity contribution is -0.141. The number of aromatic hydroxyl groups is 1. The molecule has 34 heavy (non-hydrogen) atoms. The summed E-state index contributed by atoms with van der Waals surface area (Å²) in [4.78, 5) is 36.4. The lowest BCUT2D eigenvalue weighted by atomic mass is 9.83. The summed E-state index contributed by atoms with van der Waals surface area (Å²) in [6.45, 7) is 7.37. The summed E-state index contributed by atoms with van der Waals surface area (Å²) in [5, 5.41) is 14.4. The monoisotopic (exact) mass is 474 g/mol. The average Bonchev–Trinajstić information content (AvgIpc) is 2.83. The summed E-state index contributed by atoms with van der Waals surface area (Å²) in [7, 11) is 1.28. The van der Waals surface area contributed by atoms with Gasteiger partial charge >= 0.3 is 5.97 Å². The highest BCUT2D eigenvalue weighted by molar-refractivity contribution is 5.90. The minimum Gasteiger partial charge on any atom is -0.508 e. The Morgan fingerprint density at radius 2 is 1.88 bits per heavy atom. The zero-order valence-electron chi connectivity index (χ0n) is 21.0. The molecule has 1 saturated carbocycles. The number of methoxy groups -OCH3 is 1. The fourth-order valence-corrected chi connectivity index (χ4v) is 4.00. The largest absolute Gasteiger partial charge is 0.508 e. The van der Waals surface area contributed by atoms with Gasteiger partial charge in [-0.1, -0.05) is 50.8 Å². The van der Waals surface area contributed by atoms with Gasteiger partial charge in [-0.3, -0.25) is 14.4 Å². The van der Waals surface area contributed by atoms with E-state index in [1.165, 1.54) is 13.5 Å². The van der Waals surface area contributed by atoms with E-state index < -0.39 is 12.0 Å². The van der Waals surface area contributed by atoms with E-state index in [0.717, 1.165) is 56.9 Å². The van der Waals surface area contributed by atoms with E-state index in [9.17, 15) is 14.4 Å². The van der Waals surface area contributed by atoms with Gasteiger partial charge in [0, 0.05) is 5.92 Å². The number of carbonyl (C=O) groups is 3. The maximum absolute atomic E-state index is 12.6. The quantitative estimate of drug-likeness (QED) is 0.250. The molecule has 1 aliphatic carbocycles. The van der Waals surface area contributed by atoms with Crippen LogP contribution in [-0.4, -0.2) is 42.6 Å². The lowest BCUT2D eigenvalue weighted by Crippen LogP contribution is -2.53. The molecule has 0 saturated heterocycles. The van der Waals surface area contributed by atoms with Gasteiger partial charge in [0.05, 0.1) is 7.11 Å². The smallest absolute Gasteiger partial charge is 0.325 e. The Labute approximate surface area is 204 Å². The van der Waals surface area contributed by atoms with Crippen molar-refractivity contribution in [3.8, 4) is 5.75 Å². The standard InChI is InChI=1S/C20H34N2O4.C7H8O/c1-4-5-6-8-11-15(2)19(24)22-18(16-12-9-7-10-13-16)20(25)21-14-17(23)26-3;1-6-3-2-4-7(8)5-6/h4,15-16,18H,1,5-14H2,2-3H3,(H,21,25)(H,22,24);2-5,8H,1H3. The molecule has 0 heterocycles. The number of phenols is 1. The molecule has 190 valence electrons. The van der Waals surface area contributed by atoms with Crippen molar-refractivity contribution < 1.29 is 24.2 Å². The molecule has 1 aromatic carbocycles. The van der Waals surface area contributed by atoms with E-state index in [1.807, 2.05) is 32.1 Å². The normalized spacial score (nSPS) is 15.1. The molecule has 7 nitrogen and oxygen atoms in total. The van der Waals surface area contributed by atoms with Crippen LogP contribution in [0, 0.1) is 18.8 Å². The molecule has 0 radical (unpaired) electrons. The molecule has 2 amide bonds. The Kier molecular flexibility index (Phi) is 14.4. The van der Waals surface area contributed by atoms with Gasteiger partial charge in [-0.15, -0.1) is 6.58 Å².